The first-order chi connectivity index (χ1) is 15.5. The van der Waals surface area contributed by atoms with Gasteiger partial charge in [-0.15, -0.1) is 0 Å². The van der Waals surface area contributed by atoms with Gasteiger partial charge in [-0.05, 0) is 41.4 Å². The van der Waals surface area contributed by atoms with Crippen molar-refractivity contribution in [1.82, 2.24) is 19.5 Å². The summed E-state index contributed by atoms with van der Waals surface area (Å²) >= 11 is 1.50. The van der Waals surface area contributed by atoms with Gasteiger partial charge in [-0.1, -0.05) is 44.2 Å². The van der Waals surface area contributed by atoms with Crippen molar-refractivity contribution in [2.24, 2.45) is 5.92 Å². The molecule has 0 radical (unpaired) electrons. The predicted octanol–water partition coefficient (Wildman–Crippen LogP) is 5.02. The van der Waals surface area contributed by atoms with Gasteiger partial charge in [0.25, 0.3) is 0 Å². The average Bonchev–Trinajstić information content (AvgIpc) is 3.16. The molecule has 2 N–H and O–H groups in total. The number of aromatic nitrogens is 4. The minimum absolute atomic E-state index is 0.274. The van der Waals surface area contributed by atoms with Gasteiger partial charge in [-0.3, -0.25) is 0 Å². The zero-order valence-electron chi connectivity index (χ0n) is 18.6. The quantitative estimate of drug-likeness (QED) is 0.404. The maximum Gasteiger partial charge on any atom is 0.175 e. The molecule has 8 heteroatoms. The molecule has 0 aliphatic carbocycles. The zero-order valence-corrected chi connectivity index (χ0v) is 19.5. The Labute approximate surface area is 192 Å². The van der Waals surface area contributed by atoms with Gasteiger partial charge in [0.1, 0.15) is 17.8 Å². The Morgan fingerprint density at radius 3 is 2.50 bits per heavy atom. The molecule has 4 aromatic rings. The highest BCUT2D eigenvalue weighted by atomic mass is 32.2. The van der Waals surface area contributed by atoms with Crippen LogP contribution in [-0.2, 0) is 6.54 Å². The van der Waals surface area contributed by atoms with Crippen LogP contribution in [0.1, 0.15) is 25.3 Å². The molecule has 166 valence electrons. The number of hydrogen-bond acceptors (Lipinski definition) is 7. The topological polar surface area (TPSA) is 88.1 Å². The lowest BCUT2D eigenvalue weighted by molar-refractivity contribution is 0.394. The first-order valence-corrected chi connectivity index (χ1v) is 11.2. The minimum atomic E-state index is 0.274. The highest BCUT2D eigenvalue weighted by Crippen LogP contribution is 2.39. The van der Waals surface area contributed by atoms with Gasteiger partial charge < -0.3 is 19.8 Å². The van der Waals surface area contributed by atoms with Crippen molar-refractivity contribution in [3.63, 3.8) is 0 Å². The van der Waals surface area contributed by atoms with E-state index in [1.165, 1.54) is 23.7 Å². The van der Waals surface area contributed by atoms with Crippen molar-refractivity contribution >= 4 is 28.7 Å². The molecule has 2 aromatic heterocycles. The molecule has 1 unspecified atom stereocenters. The minimum Gasteiger partial charge on any atom is -0.497 e. The van der Waals surface area contributed by atoms with E-state index in [4.69, 9.17) is 20.2 Å². The van der Waals surface area contributed by atoms with E-state index in [1.807, 2.05) is 24.3 Å². The number of rotatable bonds is 8. The average molecular weight is 450 g/mol. The molecule has 0 aliphatic heterocycles. The summed E-state index contributed by atoms with van der Waals surface area (Å²) in [6, 6.07) is 16.2. The van der Waals surface area contributed by atoms with E-state index in [2.05, 4.69) is 52.6 Å². The van der Waals surface area contributed by atoms with Gasteiger partial charge in [-0.25, -0.2) is 15.0 Å². The maximum atomic E-state index is 6.15. The van der Waals surface area contributed by atoms with E-state index in [1.54, 1.807) is 14.2 Å². The summed E-state index contributed by atoms with van der Waals surface area (Å²) in [5.41, 5.74) is 8.76. The molecule has 2 heterocycles. The molecule has 0 fully saturated rings. The molecule has 0 aliphatic rings. The predicted molar refractivity (Wildman–Crippen MR) is 127 cm³/mol. The first kappa shape index (κ1) is 22.0. The van der Waals surface area contributed by atoms with Crippen LogP contribution in [0.3, 0.4) is 0 Å². The number of anilines is 1. The van der Waals surface area contributed by atoms with Crippen LogP contribution in [0, 0.1) is 5.92 Å². The Kier molecular flexibility index (Phi) is 6.50. The lowest BCUT2D eigenvalue weighted by Crippen LogP contribution is -2.16. The summed E-state index contributed by atoms with van der Waals surface area (Å²) in [7, 11) is 3.30. The van der Waals surface area contributed by atoms with E-state index >= 15 is 0 Å². The van der Waals surface area contributed by atoms with Crippen molar-refractivity contribution in [2.75, 3.05) is 20.0 Å². The fourth-order valence-corrected chi connectivity index (χ4v) is 4.77. The van der Waals surface area contributed by atoms with Gasteiger partial charge in [0.05, 0.1) is 19.1 Å². The zero-order chi connectivity index (χ0) is 22.7. The van der Waals surface area contributed by atoms with Crippen LogP contribution in [0.25, 0.3) is 11.2 Å². The molecule has 0 bridgehead atoms. The smallest absolute Gasteiger partial charge is 0.175 e. The second kappa shape index (κ2) is 9.48. The second-order valence-corrected chi connectivity index (χ2v) is 8.83. The van der Waals surface area contributed by atoms with E-state index < -0.39 is 0 Å². The normalized spacial score (nSPS) is 12.3. The third-order valence-electron chi connectivity index (χ3n) is 5.51. The van der Waals surface area contributed by atoms with Crippen molar-refractivity contribution < 1.29 is 9.47 Å². The molecule has 32 heavy (non-hydrogen) atoms. The maximum absolute atomic E-state index is 6.15. The lowest BCUT2D eigenvalue weighted by Gasteiger charge is -2.23. The van der Waals surface area contributed by atoms with Crippen molar-refractivity contribution in [2.45, 2.75) is 36.4 Å². The van der Waals surface area contributed by atoms with E-state index in [0.717, 1.165) is 27.2 Å². The number of fused-ring (bicyclic) bond motifs is 1. The lowest BCUT2D eigenvalue weighted by atomic mass is 9.88. The van der Waals surface area contributed by atoms with Crippen LogP contribution in [0.4, 0.5) is 5.82 Å². The number of methoxy groups -OCH3 is 2. The number of nitrogens with two attached hydrogens (primary N) is 1. The number of benzene rings is 2. The Bertz CT molecular complexity index is 1210. The van der Waals surface area contributed by atoms with E-state index in [-0.39, 0.29) is 5.92 Å². The van der Waals surface area contributed by atoms with Crippen LogP contribution < -0.4 is 15.2 Å². The Hall–Kier alpha value is -3.26. The fraction of sp³-hybridized carbons (Fsp3) is 0.292. The number of imidazole rings is 1. The fourth-order valence-electron chi connectivity index (χ4n) is 3.74. The first-order valence-electron chi connectivity index (χ1n) is 10.4. The van der Waals surface area contributed by atoms with Crippen molar-refractivity contribution in [1.29, 1.82) is 0 Å². The summed E-state index contributed by atoms with van der Waals surface area (Å²) in [6.45, 7) is 5.18. The highest BCUT2D eigenvalue weighted by Gasteiger charge is 2.23. The van der Waals surface area contributed by atoms with Gasteiger partial charge >= 0.3 is 0 Å². The largest absolute Gasteiger partial charge is 0.497 e. The number of ether oxygens (including phenoxy) is 2. The Morgan fingerprint density at radius 1 is 1.03 bits per heavy atom. The standard InChI is InChI=1S/C24H27N5O2S/c1-15(2)18(16-8-6-5-7-9-16)13-29-23-21(22(25)26-14-27-23)28-24(29)32-20-12-17(30-3)10-11-19(20)31-4/h5-12,14-15,18H,13H2,1-4H3,(H2,25,26,27). The van der Waals surface area contributed by atoms with Crippen LogP contribution >= 0.6 is 11.8 Å². The third kappa shape index (κ3) is 4.36. The van der Waals surface area contributed by atoms with Crippen molar-refractivity contribution in [3.8, 4) is 11.5 Å². The summed E-state index contributed by atoms with van der Waals surface area (Å²) < 4.78 is 13.1. The molecule has 1 atom stereocenters. The molecule has 0 spiro atoms. The van der Waals surface area contributed by atoms with Gasteiger partial charge in [0.15, 0.2) is 22.1 Å². The molecule has 7 nitrogen and oxygen atoms in total. The number of nitrogens with zero attached hydrogens (tertiary/aromatic N) is 4. The Morgan fingerprint density at radius 2 is 1.81 bits per heavy atom. The van der Waals surface area contributed by atoms with Gasteiger partial charge in [0, 0.05) is 12.5 Å². The number of nitrogen functional groups attached to an aromatic ring is 1. The molecule has 2 aromatic carbocycles. The third-order valence-corrected chi connectivity index (χ3v) is 6.54. The molecule has 0 saturated carbocycles. The van der Waals surface area contributed by atoms with Crippen LogP contribution in [0.15, 0.2) is 64.9 Å². The van der Waals surface area contributed by atoms with Gasteiger partial charge in [0.2, 0.25) is 0 Å². The van der Waals surface area contributed by atoms with Gasteiger partial charge in [-0.2, -0.15) is 0 Å². The monoisotopic (exact) mass is 449 g/mol. The SMILES string of the molecule is COc1ccc(OC)c(Sc2nc3c(N)ncnc3n2CC(c2ccccc2)C(C)C)c1. The molecular formula is C24H27N5O2S. The van der Waals surface area contributed by atoms with Crippen LogP contribution in [-0.4, -0.2) is 33.7 Å². The second-order valence-electron chi connectivity index (χ2n) is 7.82. The highest BCUT2D eigenvalue weighted by molar-refractivity contribution is 7.99. The van der Waals surface area contributed by atoms with E-state index in [9.17, 15) is 0 Å². The molecule has 0 amide bonds. The summed E-state index contributed by atoms with van der Waals surface area (Å²) in [5, 5.41) is 0.778. The molecular weight excluding hydrogens is 422 g/mol. The van der Waals surface area contributed by atoms with E-state index in [0.29, 0.717) is 23.8 Å². The molecule has 0 saturated heterocycles. The van der Waals surface area contributed by atoms with Crippen molar-refractivity contribution in [3.05, 3.63) is 60.4 Å². The summed E-state index contributed by atoms with van der Waals surface area (Å²) in [4.78, 5) is 14.4. The van der Waals surface area contributed by atoms with Crippen LogP contribution in [0.5, 0.6) is 11.5 Å². The molecule has 4 rings (SSSR count). The van der Waals surface area contributed by atoms with Crippen LogP contribution in [0.2, 0.25) is 0 Å². The number of hydrogen-bond donors (Lipinski definition) is 1. The summed E-state index contributed by atoms with van der Waals surface area (Å²) in [6.07, 6.45) is 1.49. The Balaban J connectivity index is 1.82. The summed E-state index contributed by atoms with van der Waals surface area (Å²) in [5.74, 6) is 2.56.